The van der Waals surface area contributed by atoms with E-state index in [1.54, 1.807) is 18.5 Å². The van der Waals surface area contributed by atoms with Crippen molar-refractivity contribution in [3.8, 4) is 11.3 Å². The highest BCUT2D eigenvalue weighted by Crippen LogP contribution is 2.34. The van der Waals surface area contributed by atoms with Crippen LogP contribution in [0.1, 0.15) is 31.8 Å². The monoisotopic (exact) mass is 430 g/mol. The third-order valence-corrected chi connectivity index (χ3v) is 5.86. The second kappa shape index (κ2) is 7.89. The molecule has 2 amide bonds. The molecular weight excluding hydrogens is 412 g/mol. The van der Waals surface area contributed by atoms with Gasteiger partial charge in [0.05, 0.1) is 5.56 Å². The molecule has 0 spiro atoms. The van der Waals surface area contributed by atoms with Crippen molar-refractivity contribution < 1.29 is 9.59 Å². The number of carbonyl (C=O) groups is 2. The Balaban J connectivity index is 1.38. The molecule has 1 aliphatic heterocycles. The predicted molar refractivity (Wildman–Crippen MR) is 120 cm³/mol. The molecule has 0 aliphatic carbocycles. The SMILES string of the molecule is O=C(NCCc1cccnc1)c1ccc2[nH]c(-c3ccc(Cl)c4c3C(=O)NC4)cc2c1. The van der Waals surface area contributed by atoms with Gasteiger partial charge < -0.3 is 15.6 Å². The lowest BCUT2D eigenvalue weighted by atomic mass is 10.0. The summed E-state index contributed by atoms with van der Waals surface area (Å²) in [5.41, 5.74) is 5.59. The van der Waals surface area contributed by atoms with Crippen LogP contribution < -0.4 is 10.6 Å². The number of aromatic amines is 1. The van der Waals surface area contributed by atoms with Crippen molar-refractivity contribution in [2.24, 2.45) is 0 Å². The number of aromatic nitrogens is 2. The topological polar surface area (TPSA) is 86.9 Å². The average Bonchev–Trinajstić information content (AvgIpc) is 3.39. The van der Waals surface area contributed by atoms with Crippen LogP contribution in [0.2, 0.25) is 5.02 Å². The van der Waals surface area contributed by atoms with Gasteiger partial charge in [-0.1, -0.05) is 23.7 Å². The zero-order valence-corrected chi connectivity index (χ0v) is 17.3. The molecule has 1 aliphatic rings. The average molecular weight is 431 g/mol. The lowest BCUT2D eigenvalue weighted by Gasteiger charge is -2.06. The summed E-state index contributed by atoms with van der Waals surface area (Å²) in [5, 5.41) is 7.27. The minimum Gasteiger partial charge on any atom is -0.355 e. The standard InChI is InChI=1S/C24H19ClN4O2/c25-19-5-4-17(22-18(19)13-28-24(22)31)21-11-16-10-15(3-6-20(16)29-21)23(30)27-9-7-14-2-1-8-26-12-14/h1-6,8,10-12,29H,7,9,13H2,(H,27,30)(H,28,31). The highest BCUT2D eigenvalue weighted by molar-refractivity contribution is 6.32. The molecule has 0 bridgehead atoms. The molecule has 3 heterocycles. The summed E-state index contributed by atoms with van der Waals surface area (Å²) in [5.74, 6) is -0.250. The molecule has 2 aromatic heterocycles. The summed E-state index contributed by atoms with van der Waals surface area (Å²) in [7, 11) is 0. The van der Waals surface area contributed by atoms with Gasteiger partial charge in [-0.05, 0) is 48.4 Å². The van der Waals surface area contributed by atoms with Gasteiger partial charge in [0, 0.05) is 63.8 Å². The maximum absolute atomic E-state index is 12.6. The number of pyridine rings is 1. The second-order valence-electron chi connectivity index (χ2n) is 7.48. The number of H-pyrrole nitrogens is 1. The predicted octanol–water partition coefficient (Wildman–Crippen LogP) is 4.10. The van der Waals surface area contributed by atoms with Crippen LogP contribution in [0.3, 0.4) is 0 Å². The van der Waals surface area contributed by atoms with Crippen LogP contribution in [0.25, 0.3) is 22.2 Å². The van der Waals surface area contributed by atoms with Crippen LogP contribution in [-0.2, 0) is 13.0 Å². The number of nitrogens with one attached hydrogen (secondary N) is 3. The Kier molecular flexibility index (Phi) is 4.92. The number of amides is 2. The molecule has 6 nitrogen and oxygen atoms in total. The van der Waals surface area contributed by atoms with E-state index in [0.29, 0.717) is 29.2 Å². The summed E-state index contributed by atoms with van der Waals surface area (Å²) in [6.45, 7) is 0.970. The first-order valence-electron chi connectivity index (χ1n) is 10.00. The van der Waals surface area contributed by atoms with Crippen molar-refractivity contribution in [3.63, 3.8) is 0 Å². The first-order chi connectivity index (χ1) is 15.1. The molecule has 0 radical (unpaired) electrons. The molecule has 0 unspecified atom stereocenters. The second-order valence-corrected chi connectivity index (χ2v) is 7.89. The highest BCUT2D eigenvalue weighted by atomic mass is 35.5. The van der Waals surface area contributed by atoms with Crippen LogP contribution >= 0.6 is 11.6 Å². The lowest BCUT2D eigenvalue weighted by Crippen LogP contribution is -2.25. The Labute approximate surface area is 183 Å². The van der Waals surface area contributed by atoms with Gasteiger partial charge in [-0.2, -0.15) is 0 Å². The van der Waals surface area contributed by atoms with E-state index in [0.717, 1.165) is 39.7 Å². The third-order valence-electron chi connectivity index (χ3n) is 5.50. The van der Waals surface area contributed by atoms with Crippen LogP contribution in [-0.4, -0.2) is 28.3 Å². The van der Waals surface area contributed by atoms with E-state index in [2.05, 4.69) is 20.6 Å². The normalized spacial score (nSPS) is 12.6. The maximum Gasteiger partial charge on any atom is 0.252 e. The minimum atomic E-state index is -0.125. The van der Waals surface area contributed by atoms with E-state index in [4.69, 9.17) is 11.6 Å². The number of rotatable bonds is 5. The van der Waals surface area contributed by atoms with Gasteiger partial charge in [-0.3, -0.25) is 14.6 Å². The first kappa shape index (κ1) is 19.3. The van der Waals surface area contributed by atoms with Crippen LogP contribution in [0.5, 0.6) is 0 Å². The van der Waals surface area contributed by atoms with E-state index < -0.39 is 0 Å². The largest absolute Gasteiger partial charge is 0.355 e. The van der Waals surface area contributed by atoms with Crippen molar-refractivity contribution in [3.05, 3.63) is 88.2 Å². The van der Waals surface area contributed by atoms with Crippen molar-refractivity contribution in [2.75, 3.05) is 6.54 Å². The molecule has 0 saturated carbocycles. The summed E-state index contributed by atoms with van der Waals surface area (Å²) in [6, 6.07) is 15.0. The number of hydrogen-bond acceptors (Lipinski definition) is 3. The fraction of sp³-hybridized carbons (Fsp3) is 0.125. The number of nitrogens with zero attached hydrogens (tertiary/aromatic N) is 1. The van der Waals surface area contributed by atoms with Crippen molar-refractivity contribution in [2.45, 2.75) is 13.0 Å². The van der Waals surface area contributed by atoms with E-state index in [1.165, 1.54) is 0 Å². The van der Waals surface area contributed by atoms with Gasteiger partial charge in [0.15, 0.2) is 0 Å². The molecule has 154 valence electrons. The molecule has 5 rings (SSSR count). The fourth-order valence-corrected chi connectivity index (χ4v) is 4.15. The Morgan fingerprint density at radius 1 is 1.16 bits per heavy atom. The Bertz CT molecular complexity index is 1310. The number of carbonyl (C=O) groups excluding carboxylic acids is 2. The van der Waals surface area contributed by atoms with Crippen LogP contribution in [0, 0.1) is 0 Å². The van der Waals surface area contributed by atoms with E-state index in [1.807, 2.05) is 42.5 Å². The van der Waals surface area contributed by atoms with Crippen molar-refractivity contribution in [1.82, 2.24) is 20.6 Å². The van der Waals surface area contributed by atoms with Gasteiger partial charge in [0.25, 0.3) is 11.8 Å². The lowest BCUT2D eigenvalue weighted by molar-refractivity contribution is 0.0950. The summed E-state index contributed by atoms with van der Waals surface area (Å²) >= 11 is 6.26. The van der Waals surface area contributed by atoms with Gasteiger partial charge in [-0.15, -0.1) is 0 Å². The smallest absolute Gasteiger partial charge is 0.252 e. The van der Waals surface area contributed by atoms with Crippen molar-refractivity contribution in [1.29, 1.82) is 0 Å². The maximum atomic E-state index is 12.6. The molecule has 31 heavy (non-hydrogen) atoms. The van der Waals surface area contributed by atoms with Gasteiger partial charge in [0.2, 0.25) is 0 Å². The molecule has 4 aromatic rings. The minimum absolute atomic E-state index is 0.125. The summed E-state index contributed by atoms with van der Waals surface area (Å²) in [6.07, 6.45) is 4.25. The Morgan fingerprint density at radius 2 is 2.06 bits per heavy atom. The highest BCUT2D eigenvalue weighted by Gasteiger charge is 2.26. The molecule has 3 N–H and O–H groups in total. The zero-order chi connectivity index (χ0) is 21.4. The Morgan fingerprint density at radius 3 is 2.90 bits per heavy atom. The van der Waals surface area contributed by atoms with E-state index >= 15 is 0 Å². The zero-order valence-electron chi connectivity index (χ0n) is 16.5. The van der Waals surface area contributed by atoms with Crippen LogP contribution in [0.4, 0.5) is 0 Å². The van der Waals surface area contributed by atoms with E-state index in [9.17, 15) is 9.59 Å². The van der Waals surface area contributed by atoms with Gasteiger partial charge >= 0.3 is 0 Å². The molecule has 2 aromatic carbocycles. The summed E-state index contributed by atoms with van der Waals surface area (Å²) < 4.78 is 0. The number of fused-ring (bicyclic) bond motifs is 2. The molecule has 0 atom stereocenters. The van der Waals surface area contributed by atoms with Crippen LogP contribution in [0.15, 0.2) is 60.9 Å². The number of halogens is 1. The fourth-order valence-electron chi connectivity index (χ4n) is 3.92. The first-order valence-corrected chi connectivity index (χ1v) is 10.4. The molecule has 7 heteroatoms. The van der Waals surface area contributed by atoms with Gasteiger partial charge in [-0.25, -0.2) is 0 Å². The number of benzene rings is 2. The third kappa shape index (κ3) is 3.66. The quantitative estimate of drug-likeness (QED) is 0.445. The molecular formula is C24H19ClN4O2. The van der Waals surface area contributed by atoms with Crippen molar-refractivity contribution >= 4 is 34.3 Å². The van der Waals surface area contributed by atoms with Gasteiger partial charge in [0.1, 0.15) is 0 Å². The Hall–Kier alpha value is -3.64. The molecule has 0 fully saturated rings. The summed E-state index contributed by atoms with van der Waals surface area (Å²) in [4.78, 5) is 32.4. The molecule has 0 saturated heterocycles. The van der Waals surface area contributed by atoms with E-state index in [-0.39, 0.29) is 11.8 Å². The number of hydrogen-bond donors (Lipinski definition) is 3.